The van der Waals surface area contributed by atoms with Crippen LogP contribution in [0, 0.1) is 11.3 Å². The lowest BCUT2D eigenvalue weighted by molar-refractivity contribution is -0.133. The van der Waals surface area contributed by atoms with Crippen molar-refractivity contribution in [1.29, 1.82) is 5.26 Å². The Morgan fingerprint density at radius 1 is 1.40 bits per heavy atom. The molecule has 1 aromatic carbocycles. The molecule has 6 heteroatoms. The molecule has 0 spiro atoms. The Balaban J connectivity index is 1.92. The maximum absolute atomic E-state index is 12.0. The SMILES string of the molecule is N#Cc1ccccc1OCC(=O)N1CCNC(=O)CC1. The van der Waals surface area contributed by atoms with Crippen molar-refractivity contribution >= 4 is 11.8 Å². The molecule has 1 aromatic rings. The molecule has 1 aliphatic heterocycles. The van der Waals surface area contributed by atoms with Crippen LogP contribution >= 0.6 is 0 Å². The van der Waals surface area contributed by atoms with Gasteiger partial charge in [-0.15, -0.1) is 0 Å². The third kappa shape index (κ3) is 3.48. The molecule has 0 aliphatic carbocycles. The molecule has 0 saturated carbocycles. The van der Waals surface area contributed by atoms with Gasteiger partial charge in [0.05, 0.1) is 5.56 Å². The second kappa shape index (κ2) is 6.57. The summed E-state index contributed by atoms with van der Waals surface area (Å²) in [6.45, 7) is 1.20. The highest BCUT2D eigenvalue weighted by molar-refractivity contribution is 5.81. The number of nitriles is 1. The molecule has 0 atom stereocenters. The van der Waals surface area contributed by atoms with Gasteiger partial charge < -0.3 is 15.0 Å². The standard InChI is InChI=1S/C14H15N3O3/c15-9-11-3-1-2-4-12(11)20-10-14(19)17-7-5-13(18)16-6-8-17/h1-4H,5-8,10H2,(H,16,18). The van der Waals surface area contributed by atoms with Gasteiger partial charge in [-0.05, 0) is 12.1 Å². The minimum absolute atomic E-state index is 0.0453. The first-order valence-corrected chi connectivity index (χ1v) is 6.37. The van der Waals surface area contributed by atoms with Crippen molar-refractivity contribution < 1.29 is 14.3 Å². The highest BCUT2D eigenvalue weighted by Gasteiger charge is 2.18. The van der Waals surface area contributed by atoms with E-state index in [2.05, 4.69) is 5.32 Å². The number of hydrogen-bond acceptors (Lipinski definition) is 4. The van der Waals surface area contributed by atoms with Gasteiger partial charge in [-0.25, -0.2) is 0 Å². The molecule has 0 bridgehead atoms. The third-order valence-corrected chi connectivity index (χ3v) is 3.02. The third-order valence-electron chi connectivity index (χ3n) is 3.02. The van der Waals surface area contributed by atoms with Crippen LogP contribution in [0.15, 0.2) is 24.3 Å². The van der Waals surface area contributed by atoms with Gasteiger partial charge >= 0.3 is 0 Å². The predicted molar refractivity (Wildman–Crippen MR) is 70.9 cm³/mol. The summed E-state index contributed by atoms with van der Waals surface area (Å²) in [7, 11) is 0. The zero-order chi connectivity index (χ0) is 14.4. The van der Waals surface area contributed by atoms with Crippen molar-refractivity contribution in [3.8, 4) is 11.8 Å². The van der Waals surface area contributed by atoms with Crippen LogP contribution in [0.1, 0.15) is 12.0 Å². The molecule has 1 saturated heterocycles. The number of ether oxygens (including phenoxy) is 1. The fourth-order valence-corrected chi connectivity index (χ4v) is 1.93. The average molecular weight is 273 g/mol. The van der Waals surface area contributed by atoms with Gasteiger partial charge in [0.2, 0.25) is 5.91 Å². The van der Waals surface area contributed by atoms with E-state index in [-0.39, 0.29) is 18.4 Å². The van der Waals surface area contributed by atoms with E-state index in [1.165, 1.54) is 0 Å². The Morgan fingerprint density at radius 2 is 2.20 bits per heavy atom. The molecule has 104 valence electrons. The van der Waals surface area contributed by atoms with E-state index in [1.807, 2.05) is 6.07 Å². The number of nitrogens with one attached hydrogen (secondary N) is 1. The maximum Gasteiger partial charge on any atom is 0.260 e. The first-order valence-electron chi connectivity index (χ1n) is 6.37. The molecule has 1 fully saturated rings. The Bertz CT molecular complexity index is 551. The number of rotatable bonds is 3. The van der Waals surface area contributed by atoms with E-state index in [0.29, 0.717) is 37.4 Å². The lowest BCUT2D eigenvalue weighted by atomic mass is 10.2. The molecule has 1 aliphatic rings. The normalized spacial score (nSPS) is 14.9. The van der Waals surface area contributed by atoms with Crippen LogP contribution in [0.5, 0.6) is 5.75 Å². The monoisotopic (exact) mass is 273 g/mol. The largest absolute Gasteiger partial charge is 0.482 e. The summed E-state index contributed by atoms with van der Waals surface area (Å²) in [5.74, 6) is 0.165. The Hall–Kier alpha value is -2.55. The number of carbonyl (C=O) groups excluding carboxylic acids is 2. The van der Waals surface area contributed by atoms with Gasteiger partial charge in [0.15, 0.2) is 6.61 Å². The van der Waals surface area contributed by atoms with Crippen LogP contribution in [-0.2, 0) is 9.59 Å². The van der Waals surface area contributed by atoms with Gasteiger partial charge in [-0.3, -0.25) is 9.59 Å². The molecule has 0 radical (unpaired) electrons. The lowest BCUT2D eigenvalue weighted by Crippen LogP contribution is -2.37. The van der Waals surface area contributed by atoms with E-state index in [1.54, 1.807) is 29.2 Å². The van der Waals surface area contributed by atoms with Crippen LogP contribution in [0.4, 0.5) is 0 Å². The van der Waals surface area contributed by atoms with E-state index < -0.39 is 0 Å². The second-order valence-electron chi connectivity index (χ2n) is 4.38. The quantitative estimate of drug-likeness (QED) is 0.858. The molecule has 6 nitrogen and oxygen atoms in total. The van der Waals surface area contributed by atoms with Crippen molar-refractivity contribution in [3.05, 3.63) is 29.8 Å². The Kier molecular flexibility index (Phi) is 4.56. The van der Waals surface area contributed by atoms with Gasteiger partial charge in [-0.2, -0.15) is 5.26 Å². The fraction of sp³-hybridized carbons (Fsp3) is 0.357. The number of carbonyl (C=O) groups is 2. The van der Waals surface area contributed by atoms with Crippen molar-refractivity contribution in [2.24, 2.45) is 0 Å². The van der Waals surface area contributed by atoms with Gasteiger partial charge in [0, 0.05) is 26.1 Å². The van der Waals surface area contributed by atoms with Crippen LogP contribution in [0.3, 0.4) is 0 Å². The molecular weight excluding hydrogens is 258 g/mol. The smallest absolute Gasteiger partial charge is 0.260 e. The molecule has 1 N–H and O–H groups in total. The van der Waals surface area contributed by atoms with Gasteiger partial charge in [0.25, 0.3) is 5.91 Å². The zero-order valence-electron chi connectivity index (χ0n) is 11.0. The summed E-state index contributed by atoms with van der Waals surface area (Å²) in [6, 6.07) is 8.78. The summed E-state index contributed by atoms with van der Waals surface area (Å²) in [4.78, 5) is 24.8. The maximum atomic E-state index is 12.0. The zero-order valence-corrected chi connectivity index (χ0v) is 11.0. The summed E-state index contributed by atoms with van der Waals surface area (Å²) in [6.07, 6.45) is 0.306. The van der Waals surface area contributed by atoms with E-state index >= 15 is 0 Å². The molecule has 2 rings (SSSR count). The van der Waals surface area contributed by atoms with Crippen LogP contribution in [-0.4, -0.2) is 43.0 Å². The van der Waals surface area contributed by atoms with Crippen molar-refractivity contribution in [3.63, 3.8) is 0 Å². The number of amides is 2. The molecule has 0 unspecified atom stereocenters. The highest BCUT2D eigenvalue weighted by atomic mass is 16.5. The molecule has 20 heavy (non-hydrogen) atoms. The van der Waals surface area contributed by atoms with Crippen molar-refractivity contribution in [2.45, 2.75) is 6.42 Å². The number of benzene rings is 1. The van der Waals surface area contributed by atoms with E-state index in [9.17, 15) is 9.59 Å². The average Bonchev–Trinajstić information content (AvgIpc) is 2.70. The highest BCUT2D eigenvalue weighted by Crippen LogP contribution is 2.16. The van der Waals surface area contributed by atoms with Crippen LogP contribution in [0.2, 0.25) is 0 Å². The van der Waals surface area contributed by atoms with Crippen molar-refractivity contribution in [1.82, 2.24) is 10.2 Å². The van der Waals surface area contributed by atoms with Crippen molar-refractivity contribution in [2.75, 3.05) is 26.2 Å². The number of para-hydroxylation sites is 1. The topological polar surface area (TPSA) is 82.4 Å². The van der Waals surface area contributed by atoms with E-state index in [4.69, 9.17) is 10.00 Å². The van der Waals surface area contributed by atoms with Crippen LogP contribution < -0.4 is 10.1 Å². The predicted octanol–water partition coefficient (Wildman–Crippen LogP) is 0.286. The number of nitrogens with zero attached hydrogens (tertiary/aromatic N) is 2. The molecule has 0 aromatic heterocycles. The lowest BCUT2D eigenvalue weighted by Gasteiger charge is -2.19. The second-order valence-corrected chi connectivity index (χ2v) is 4.38. The van der Waals surface area contributed by atoms with Crippen LogP contribution in [0.25, 0.3) is 0 Å². The summed E-state index contributed by atoms with van der Waals surface area (Å²) in [5, 5.41) is 11.6. The first kappa shape index (κ1) is 13.9. The minimum atomic E-state index is -0.186. The summed E-state index contributed by atoms with van der Waals surface area (Å²) in [5.41, 5.74) is 0.396. The molecule has 1 heterocycles. The Labute approximate surface area is 116 Å². The number of hydrogen-bond donors (Lipinski definition) is 1. The fourth-order valence-electron chi connectivity index (χ4n) is 1.93. The first-order chi connectivity index (χ1) is 9.70. The minimum Gasteiger partial charge on any atom is -0.482 e. The van der Waals surface area contributed by atoms with Gasteiger partial charge in [-0.1, -0.05) is 12.1 Å². The van der Waals surface area contributed by atoms with E-state index in [0.717, 1.165) is 0 Å². The Morgan fingerprint density at radius 3 is 3.00 bits per heavy atom. The molecule has 2 amide bonds. The van der Waals surface area contributed by atoms with Gasteiger partial charge in [0.1, 0.15) is 11.8 Å². The summed E-state index contributed by atoms with van der Waals surface area (Å²) >= 11 is 0. The summed E-state index contributed by atoms with van der Waals surface area (Å²) < 4.78 is 5.39. The molecular formula is C14H15N3O3.